The van der Waals surface area contributed by atoms with Crippen LogP contribution >= 0.6 is 0 Å². The molecule has 0 aromatic heterocycles. The molecule has 3 nitrogen and oxygen atoms in total. The number of ether oxygens (including phenoxy) is 1. The normalized spacial score (nSPS) is 11.7. The molecule has 0 aliphatic carbocycles. The van der Waals surface area contributed by atoms with Gasteiger partial charge in [0.2, 0.25) is 0 Å². The second-order valence-corrected chi connectivity index (χ2v) is 6.88. The van der Waals surface area contributed by atoms with Crippen molar-refractivity contribution >= 4 is 5.69 Å². The third-order valence-corrected chi connectivity index (χ3v) is 4.23. The summed E-state index contributed by atoms with van der Waals surface area (Å²) in [7, 11) is 3.25. The van der Waals surface area contributed by atoms with Gasteiger partial charge in [0, 0.05) is 12.1 Å². The Morgan fingerprint density at radius 3 is 1.74 bits per heavy atom. The van der Waals surface area contributed by atoms with E-state index in [2.05, 4.69) is 6.92 Å². The van der Waals surface area contributed by atoms with Crippen molar-refractivity contribution in [1.29, 1.82) is 0 Å². The van der Waals surface area contributed by atoms with Gasteiger partial charge in [-0.2, -0.15) is 0 Å². The van der Waals surface area contributed by atoms with Crippen LogP contribution < -0.4 is 9.38 Å². The third-order valence-electron chi connectivity index (χ3n) is 4.23. The highest BCUT2D eigenvalue weighted by Gasteiger charge is 2.06. The van der Waals surface area contributed by atoms with Crippen molar-refractivity contribution in [2.45, 2.75) is 71.1 Å². The number of rotatable bonds is 13. The summed E-state index contributed by atoms with van der Waals surface area (Å²) < 4.78 is 5.33. The molecule has 0 N–H and O–H groups in total. The first-order chi connectivity index (χ1) is 11.0. The molecule has 1 aromatic carbocycles. The molecule has 1 aromatic rings. The van der Waals surface area contributed by atoms with Gasteiger partial charge in [0.15, 0.2) is 0 Å². The fraction of sp³-hybridized carbons (Fsp3) is 0.700. The molecule has 0 amide bonds. The zero-order valence-corrected chi connectivity index (χ0v) is 15.4. The fourth-order valence-corrected chi connectivity index (χ4v) is 2.68. The first-order valence-electron chi connectivity index (χ1n) is 9.32. The zero-order chi connectivity index (χ0) is 17.0. The van der Waals surface area contributed by atoms with E-state index in [1.165, 1.54) is 57.8 Å². The Hall–Kier alpha value is -1.06. The fourth-order valence-electron chi connectivity index (χ4n) is 2.68. The highest BCUT2D eigenvalue weighted by atomic mass is 16.5. The van der Waals surface area contributed by atoms with Crippen LogP contribution in [0.5, 0.6) is 5.75 Å². The molecule has 0 spiro atoms. The summed E-state index contributed by atoms with van der Waals surface area (Å²) >= 11 is 0. The molecule has 0 saturated heterocycles. The van der Waals surface area contributed by atoms with Crippen molar-refractivity contribution in [1.82, 2.24) is 4.65 Å². The van der Waals surface area contributed by atoms with E-state index in [4.69, 9.17) is 4.74 Å². The quantitative estimate of drug-likeness (QED) is 0.251. The molecule has 0 aliphatic rings. The lowest BCUT2D eigenvalue weighted by molar-refractivity contribution is 0.304. The summed E-state index contributed by atoms with van der Waals surface area (Å²) in [6, 6.07) is 7.48. The summed E-state index contributed by atoms with van der Waals surface area (Å²) in [6.07, 6.45) is 13.4. The number of benzene rings is 1. The van der Waals surface area contributed by atoms with Crippen LogP contribution in [0.2, 0.25) is 0 Å². The van der Waals surface area contributed by atoms with Crippen molar-refractivity contribution < 1.29 is 4.74 Å². The van der Waals surface area contributed by atoms with Crippen molar-refractivity contribution in [2.75, 3.05) is 20.7 Å². The van der Waals surface area contributed by atoms with Gasteiger partial charge in [-0.15, -0.1) is 0 Å². The molecule has 0 unspecified atom stereocenters. The van der Waals surface area contributed by atoms with E-state index in [0.717, 1.165) is 24.5 Å². The second-order valence-electron chi connectivity index (χ2n) is 6.88. The van der Waals surface area contributed by atoms with Crippen LogP contribution in [0.1, 0.15) is 71.1 Å². The molecule has 0 atom stereocenters. The summed E-state index contributed by atoms with van der Waals surface area (Å²) in [5, 5.41) is 11.8. The Labute approximate surface area is 142 Å². The average molecular weight is 322 g/mol. The van der Waals surface area contributed by atoms with E-state index in [9.17, 15) is 5.21 Å². The van der Waals surface area contributed by atoms with E-state index in [0.29, 0.717) is 0 Å². The molecule has 132 valence electrons. The van der Waals surface area contributed by atoms with Crippen LogP contribution in [0, 0.1) is 5.21 Å². The second kappa shape index (κ2) is 11.5. The summed E-state index contributed by atoms with van der Waals surface area (Å²) in [4.78, 5) is 0. The molecule has 0 saturated carbocycles. The highest BCUT2D eigenvalue weighted by Crippen LogP contribution is 2.21. The molecule has 0 aliphatic heterocycles. The van der Waals surface area contributed by atoms with Gasteiger partial charge >= 0.3 is 0 Å². The van der Waals surface area contributed by atoms with Crippen molar-refractivity contribution in [3.05, 3.63) is 29.5 Å². The minimum Gasteiger partial charge on any atom is -0.628 e. The van der Waals surface area contributed by atoms with Crippen LogP contribution in [0.25, 0.3) is 0 Å². The van der Waals surface area contributed by atoms with E-state index >= 15 is 0 Å². The smallest absolute Gasteiger partial charge is 0.132 e. The topological polar surface area (TPSA) is 32.3 Å². The Bertz CT molecular complexity index is 395. The molecule has 0 fully saturated rings. The Morgan fingerprint density at radius 1 is 0.783 bits per heavy atom. The van der Waals surface area contributed by atoms with Gasteiger partial charge in [0.05, 0.1) is 20.7 Å². The van der Waals surface area contributed by atoms with E-state index in [-0.39, 0.29) is 0 Å². The lowest BCUT2D eigenvalue weighted by atomic mass is 10.1. The molecule has 0 radical (unpaired) electrons. The van der Waals surface area contributed by atoms with Crippen molar-refractivity contribution in [3.8, 4) is 5.75 Å². The Balaban J connectivity index is 1.99. The van der Waals surface area contributed by atoms with E-state index in [1.54, 1.807) is 14.1 Å². The standard InChI is InChI=1S/C20H35NO2/c1-4-5-6-7-8-9-10-11-12-13-18-23-20-16-14-19(15-17-20)21(2,3)22/h14-17H,4-13,18H2,1-3H3. The summed E-state index contributed by atoms with van der Waals surface area (Å²) in [5.74, 6) is 0.859. The lowest BCUT2D eigenvalue weighted by Crippen LogP contribution is -2.32. The first-order valence-corrected chi connectivity index (χ1v) is 9.32. The maximum Gasteiger partial charge on any atom is 0.132 e. The molecule has 0 heterocycles. The number of nitrogens with zero attached hydrogens (tertiary/aromatic N) is 1. The van der Waals surface area contributed by atoms with Gasteiger partial charge in [0.25, 0.3) is 0 Å². The minimum absolute atomic E-state index is 0.404. The van der Waals surface area contributed by atoms with Crippen LogP contribution in [-0.2, 0) is 0 Å². The predicted octanol–water partition coefficient (Wildman–Crippen LogP) is 6.05. The molecule has 0 bridgehead atoms. The molecule has 23 heavy (non-hydrogen) atoms. The van der Waals surface area contributed by atoms with E-state index in [1.807, 2.05) is 24.3 Å². The summed E-state index contributed by atoms with van der Waals surface area (Å²) in [5.41, 5.74) is 0.747. The van der Waals surface area contributed by atoms with Crippen LogP contribution in [0.3, 0.4) is 0 Å². The minimum atomic E-state index is -0.404. The molecule has 3 heteroatoms. The molecular weight excluding hydrogens is 286 g/mol. The van der Waals surface area contributed by atoms with Gasteiger partial charge in [-0.3, -0.25) is 0 Å². The SMILES string of the molecule is CCCCCCCCCCCCOc1ccc([N+](C)(C)[O-])cc1. The third kappa shape index (κ3) is 9.62. The Morgan fingerprint density at radius 2 is 1.26 bits per heavy atom. The van der Waals surface area contributed by atoms with Crippen molar-refractivity contribution in [2.24, 2.45) is 0 Å². The van der Waals surface area contributed by atoms with Gasteiger partial charge in [-0.05, 0) is 18.6 Å². The lowest BCUT2D eigenvalue weighted by Gasteiger charge is -2.33. The van der Waals surface area contributed by atoms with Crippen LogP contribution in [0.15, 0.2) is 24.3 Å². The number of unbranched alkanes of at least 4 members (excludes halogenated alkanes) is 9. The van der Waals surface area contributed by atoms with Gasteiger partial charge < -0.3 is 14.6 Å². The van der Waals surface area contributed by atoms with E-state index < -0.39 is 4.65 Å². The average Bonchev–Trinajstić information content (AvgIpc) is 2.52. The summed E-state index contributed by atoms with van der Waals surface area (Å²) in [6.45, 7) is 3.03. The van der Waals surface area contributed by atoms with Crippen LogP contribution in [-0.4, -0.2) is 20.7 Å². The van der Waals surface area contributed by atoms with Gasteiger partial charge in [-0.1, -0.05) is 64.7 Å². The highest BCUT2D eigenvalue weighted by molar-refractivity contribution is 5.45. The monoisotopic (exact) mass is 321 g/mol. The Kier molecular flexibility index (Phi) is 9.97. The number of quaternary nitrogens is 1. The maximum atomic E-state index is 11.8. The van der Waals surface area contributed by atoms with Gasteiger partial charge in [-0.25, -0.2) is 0 Å². The first kappa shape index (κ1) is 20.0. The predicted molar refractivity (Wildman–Crippen MR) is 101 cm³/mol. The number of hydrogen-bond acceptors (Lipinski definition) is 2. The number of hydrogen-bond donors (Lipinski definition) is 0. The largest absolute Gasteiger partial charge is 0.628 e. The van der Waals surface area contributed by atoms with Crippen molar-refractivity contribution in [3.63, 3.8) is 0 Å². The molecule has 1 rings (SSSR count). The van der Waals surface area contributed by atoms with Gasteiger partial charge in [0.1, 0.15) is 11.4 Å². The number of hydroxylamine groups is 2. The zero-order valence-electron chi connectivity index (χ0n) is 15.4. The maximum absolute atomic E-state index is 11.8. The van der Waals surface area contributed by atoms with Crippen LogP contribution in [0.4, 0.5) is 5.69 Å². The molecular formula is C20H35NO2.